The number of carboxylic acid groups (broad SMARTS) is 2. The van der Waals surface area contributed by atoms with Gasteiger partial charge < -0.3 is 14.8 Å². The molecule has 1 aliphatic heterocycles. The van der Waals surface area contributed by atoms with E-state index in [0.29, 0.717) is 11.2 Å². The molecule has 5 heteroatoms. The van der Waals surface area contributed by atoms with Crippen molar-refractivity contribution < 1.29 is 19.8 Å². The van der Waals surface area contributed by atoms with E-state index in [1.165, 1.54) is 18.2 Å². The number of hydrogen-bond donors (Lipinski definition) is 2. The maximum absolute atomic E-state index is 11.4. The van der Waals surface area contributed by atoms with Gasteiger partial charge in [0.1, 0.15) is 0 Å². The van der Waals surface area contributed by atoms with Crippen LogP contribution in [0.25, 0.3) is 16.5 Å². The standard InChI is InChI=1S/C15H11NO4/c17-14(18)10-5-3-7-12(15(19)20)16-11-6-2-1-4-9(11)8-13(10)16/h1-8,12H,(H,17,18)(H,19,20). The highest BCUT2D eigenvalue weighted by Crippen LogP contribution is 2.31. The fourth-order valence-corrected chi connectivity index (χ4v) is 2.48. The van der Waals surface area contributed by atoms with E-state index in [1.807, 2.05) is 12.1 Å². The molecular formula is C15H11NO4. The van der Waals surface area contributed by atoms with Crippen LogP contribution in [-0.4, -0.2) is 26.7 Å². The molecule has 20 heavy (non-hydrogen) atoms. The Bertz CT molecular complexity index is 782. The van der Waals surface area contributed by atoms with Crippen molar-refractivity contribution in [2.45, 2.75) is 6.04 Å². The van der Waals surface area contributed by atoms with Gasteiger partial charge in [-0.15, -0.1) is 0 Å². The summed E-state index contributed by atoms with van der Waals surface area (Å²) in [6.07, 6.45) is 4.38. The van der Waals surface area contributed by atoms with E-state index in [9.17, 15) is 19.8 Å². The highest BCUT2D eigenvalue weighted by atomic mass is 16.4. The van der Waals surface area contributed by atoms with Crippen LogP contribution in [0.2, 0.25) is 0 Å². The number of aromatic nitrogens is 1. The molecule has 0 aliphatic carbocycles. The number of hydrogen-bond acceptors (Lipinski definition) is 2. The first-order chi connectivity index (χ1) is 9.59. The Hall–Kier alpha value is -2.82. The van der Waals surface area contributed by atoms with Crippen molar-refractivity contribution in [3.63, 3.8) is 0 Å². The molecule has 0 fully saturated rings. The average molecular weight is 269 g/mol. The van der Waals surface area contributed by atoms with Gasteiger partial charge in [0.15, 0.2) is 6.04 Å². The summed E-state index contributed by atoms with van der Waals surface area (Å²) in [5, 5.41) is 19.5. The van der Waals surface area contributed by atoms with E-state index in [-0.39, 0.29) is 5.57 Å². The van der Waals surface area contributed by atoms with Gasteiger partial charge >= 0.3 is 11.9 Å². The average Bonchev–Trinajstić information content (AvgIpc) is 2.66. The van der Waals surface area contributed by atoms with Crippen LogP contribution in [0.1, 0.15) is 11.7 Å². The fraction of sp³-hybridized carbons (Fsp3) is 0.0667. The van der Waals surface area contributed by atoms with Crippen molar-refractivity contribution in [2.75, 3.05) is 0 Å². The molecule has 2 heterocycles. The number of nitrogens with zero attached hydrogens (tertiary/aromatic N) is 1. The maximum Gasteiger partial charge on any atom is 0.337 e. The Morgan fingerprint density at radius 2 is 1.90 bits per heavy atom. The van der Waals surface area contributed by atoms with E-state index in [1.54, 1.807) is 22.8 Å². The number of rotatable bonds is 2. The lowest BCUT2D eigenvalue weighted by molar-refractivity contribution is -0.139. The fourth-order valence-electron chi connectivity index (χ4n) is 2.48. The predicted octanol–water partition coefficient (Wildman–Crippen LogP) is 2.30. The quantitative estimate of drug-likeness (QED) is 0.876. The van der Waals surface area contributed by atoms with E-state index in [2.05, 4.69) is 0 Å². The van der Waals surface area contributed by atoms with Crippen molar-refractivity contribution in [3.05, 3.63) is 54.3 Å². The lowest BCUT2D eigenvalue weighted by Crippen LogP contribution is -2.18. The molecule has 1 aliphatic rings. The van der Waals surface area contributed by atoms with Crippen LogP contribution in [0.15, 0.2) is 48.6 Å². The molecule has 3 rings (SSSR count). The molecule has 0 bridgehead atoms. The first kappa shape index (κ1) is 12.2. The highest BCUT2D eigenvalue weighted by Gasteiger charge is 2.26. The maximum atomic E-state index is 11.4. The van der Waals surface area contributed by atoms with Crippen molar-refractivity contribution in [3.8, 4) is 0 Å². The summed E-state index contributed by atoms with van der Waals surface area (Å²) in [5.41, 5.74) is 1.19. The summed E-state index contributed by atoms with van der Waals surface area (Å²) in [4.78, 5) is 22.8. The first-order valence-electron chi connectivity index (χ1n) is 6.04. The Labute approximate surface area is 114 Å². The molecule has 1 atom stereocenters. The van der Waals surface area contributed by atoms with Crippen molar-refractivity contribution in [1.82, 2.24) is 4.57 Å². The van der Waals surface area contributed by atoms with Crippen molar-refractivity contribution in [1.29, 1.82) is 0 Å². The number of para-hydroxylation sites is 1. The minimum absolute atomic E-state index is 0.0844. The second-order valence-corrected chi connectivity index (χ2v) is 4.51. The monoisotopic (exact) mass is 269 g/mol. The molecule has 0 saturated heterocycles. The van der Waals surface area contributed by atoms with Crippen LogP contribution >= 0.6 is 0 Å². The van der Waals surface area contributed by atoms with Crippen LogP contribution < -0.4 is 0 Å². The number of fused-ring (bicyclic) bond motifs is 3. The zero-order chi connectivity index (χ0) is 14.3. The Balaban J connectivity index is 2.38. The SMILES string of the molecule is O=C(O)C1=CC=CC(C(=O)O)n2c1cc1ccccc12. The smallest absolute Gasteiger partial charge is 0.337 e. The Kier molecular flexibility index (Phi) is 2.68. The number of carbonyl (C=O) groups is 2. The summed E-state index contributed by atoms with van der Waals surface area (Å²) < 4.78 is 1.54. The van der Waals surface area contributed by atoms with Gasteiger partial charge in [-0.05, 0) is 18.2 Å². The second-order valence-electron chi connectivity index (χ2n) is 4.51. The van der Waals surface area contributed by atoms with Crippen LogP contribution in [0.5, 0.6) is 0 Å². The molecule has 1 aromatic heterocycles. The molecule has 100 valence electrons. The van der Waals surface area contributed by atoms with Gasteiger partial charge in [-0.2, -0.15) is 0 Å². The van der Waals surface area contributed by atoms with Crippen molar-refractivity contribution in [2.24, 2.45) is 0 Å². The lowest BCUT2D eigenvalue weighted by atomic mass is 10.1. The van der Waals surface area contributed by atoms with E-state index >= 15 is 0 Å². The number of benzene rings is 1. The Morgan fingerprint density at radius 3 is 2.60 bits per heavy atom. The molecular weight excluding hydrogens is 258 g/mol. The summed E-state index contributed by atoms with van der Waals surface area (Å²) in [6, 6.07) is 8.04. The van der Waals surface area contributed by atoms with Gasteiger partial charge in [-0.3, -0.25) is 0 Å². The summed E-state index contributed by atoms with van der Waals surface area (Å²) >= 11 is 0. The van der Waals surface area contributed by atoms with Gasteiger partial charge in [0.25, 0.3) is 0 Å². The van der Waals surface area contributed by atoms with Gasteiger partial charge in [0.2, 0.25) is 0 Å². The molecule has 5 nitrogen and oxygen atoms in total. The molecule has 2 aromatic rings. The number of carboxylic acids is 2. The molecule has 2 N–H and O–H groups in total. The summed E-state index contributed by atoms with van der Waals surface area (Å²) in [7, 11) is 0. The largest absolute Gasteiger partial charge is 0.479 e. The third-order valence-corrected chi connectivity index (χ3v) is 3.34. The van der Waals surface area contributed by atoms with Crippen molar-refractivity contribution >= 4 is 28.4 Å². The Morgan fingerprint density at radius 1 is 1.15 bits per heavy atom. The minimum atomic E-state index is -1.08. The second kappa shape index (κ2) is 4.38. The third kappa shape index (κ3) is 1.72. The van der Waals surface area contributed by atoms with Crippen LogP contribution in [0.4, 0.5) is 0 Å². The third-order valence-electron chi connectivity index (χ3n) is 3.34. The van der Waals surface area contributed by atoms with E-state index < -0.39 is 18.0 Å². The molecule has 1 unspecified atom stereocenters. The highest BCUT2D eigenvalue weighted by molar-refractivity contribution is 6.16. The summed E-state index contributed by atoms with van der Waals surface area (Å²) in [6.45, 7) is 0. The predicted molar refractivity (Wildman–Crippen MR) is 73.4 cm³/mol. The van der Waals surface area contributed by atoms with Gasteiger partial charge in [0, 0.05) is 10.9 Å². The van der Waals surface area contributed by atoms with E-state index in [0.717, 1.165) is 5.39 Å². The van der Waals surface area contributed by atoms with Crippen LogP contribution in [0, 0.1) is 0 Å². The van der Waals surface area contributed by atoms with Gasteiger partial charge in [0.05, 0.1) is 11.3 Å². The molecule has 0 saturated carbocycles. The zero-order valence-corrected chi connectivity index (χ0v) is 10.4. The topological polar surface area (TPSA) is 79.5 Å². The lowest BCUT2D eigenvalue weighted by Gasteiger charge is -2.14. The molecule has 0 amide bonds. The number of allylic oxidation sites excluding steroid dienone is 2. The normalized spacial score (nSPS) is 17.4. The molecule has 0 radical (unpaired) electrons. The van der Waals surface area contributed by atoms with E-state index in [4.69, 9.17) is 0 Å². The summed E-state index contributed by atoms with van der Waals surface area (Å²) in [5.74, 6) is -2.10. The molecule has 1 aromatic carbocycles. The first-order valence-corrected chi connectivity index (χ1v) is 6.04. The van der Waals surface area contributed by atoms with Crippen LogP contribution in [0.3, 0.4) is 0 Å². The van der Waals surface area contributed by atoms with Gasteiger partial charge in [-0.25, -0.2) is 9.59 Å². The molecule has 0 spiro atoms. The minimum Gasteiger partial charge on any atom is -0.479 e. The van der Waals surface area contributed by atoms with Crippen LogP contribution in [-0.2, 0) is 9.59 Å². The number of aliphatic carboxylic acids is 2. The van der Waals surface area contributed by atoms with Gasteiger partial charge in [-0.1, -0.05) is 30.4 Å². The zero-order valence-electron chi connectivity index (χ0n) is 10.4.